The SMILES string of the molecule is O=C(CN1C(=O)CNC1=O)N1CCN(Cc2ccccc2F)CC1. The average Bonchev–Trinajstić information content (AvgIpc) is 2.89. The van der Waals surface area contributed by atoms with Gasteiger partial charge in [-0.2, -0.15) is 0 Å². The molecule has 0 spiro atoms. The van der Waals surface area contributed by atoms with Crippen LogP contribution in [-0.4, -0.2) is 71.8 Å². The van der Waals surface area contributed by atoms with E-state index < -0.39 is 6.03 Å². The molecule has 0 radical (unpaired) electrons. The lowest BCUT2D eigenvalue weighted by molar-refractivity contribution is -0.137. The highest BCUT2D eigenvalue weighted by molar-refractivity contribution is 6.04. The van der Waals surface area contributed by atoms with E-state index in [-0.39, 0.29) is 30.7 Å². The molecule has 1 N–H and O–H groups in total. The summed E-state index contributed by atoms with van der Waals surface area (Å²) in [6.07, 6.45) is 0. The van der Waals surface area contributed by atoms with Crippen molar-refractivity contribution in [3.8, 4) is 0 Å². The second-order valence-corrected chi connectivity index (χ2v) is 5.89. The Balaban J connectivity index is 1.50. The lowest BCUT2D eigenvalue weighted by atomic mass is 10.2. The number of imide groups is 1. The zero-order valence-corrected chi connectivity index (χ0v) is 13.2. The van der Waals surface area contributed by atoms with Crippen LogP contribution < -0.4 is 5.32 Å². The van der Waals surface area contributed by atoms with Crippen molar-refractivity contribution in [1.29, 1.82) is 0 Å². The van der Waals surface area contributed by atoms with Crippen LogP contribution >= 0.6 is 0 Å². The summed E-state index contributed by atoms with van der Waals surface area (Å²) in [5.74, 6) is -0.855. The number of halogens is 1. The summed E-state index contributed by atoms with van der Waals surface area (Å²) < 4.78 is 13.7. The molecule has 2 aliphatic rings. The molecular weight excluding hydrogens is 315 g/mol. The van der Waals surface area contributed by atoms with E-state index >= 15 is 0 Å². The Labute approximate surface area is 139 Å². The molecule has 0 bridgehead atoms. The van der Waals surface area contributed by atoms with E-state index in [1.165, 1.54) is 6.07 Å². The highest BCUT2D eigenvalue weighted by atomic mass is 19.1. The van der Waals surface area contributed by atoms with Crippen molar-refractivity contribution >= 4 is 17.8 Å². The first-order valence-corrected chi connectivity index (χ1v) is 7.86. The van der Waals surface area contributed by atoms with Gasteiger partial charge in [0.25, 0.3) is 5.91 Å². The molecule has 0 atom stereocenters. The highest BCUT2D eigenvalue weighted by Crippen LogP contribution is 2.12. The van der Waals surface area contributed by atoms with Crippen molar-refractivity contribution in [3.63, 3.8) is 0 Å². The molecule has 1 aromatic carbocycles. The summed E-state index contributed by atoms with van der Waals surface area (Å²) in [5.41, 5.74) is 0.636. The Hall–Kier alpha value is -2.48. The number of benzene rings is 1. The monoisotopic (exact) mass is 334 g/mol. The Morgan fingerprint density at radius 1 is 1.12 bits per heavy atom. The van der Waals surface area contributed by atoms with E-state index in [1.807, 2.05) is 0 Å². The number of amides is 4. The van der Waals surface area contributed by atoms with E-state index in [0.717, 1.165) is 4.90 Å². The molecule has 8 heteroatoms. The number of hydrogen-bond acceptors (Lipinski definition) is 4. The van der Waals surface area contributed by atoms with Gasteiger partial charge in [-0.25, -0.2) is 9.18 Å². The van der Waals surface area contributed by atoms with E-state index in [0.29, 0.717) is 38.3 Å². The molecule has 0 aliphatic carbocycles. The summed E-state index contributed by atoms with van der Waals surface area (Å²) in [6, 6.07) is 6.13. The van der Waals surface area contributed by atoms with Gasteiger partial charge >= 0.3 is 6.03 Å². The molecule has 3 rings (SSSR count). The number of urea groups is 1. The van der Waals surface area contributed by atoms with Crippen molar-refractivity contribution in [1.82, 2.24) is 20.0 Å². The summed E-state index contributed by atoms with van der Waals surface area (Å²) >= 11 is 0. The van der Waals surface area contributed by atoms with Crippen LogP contribution in [0.25, 0.3) is 0 Å². The van der Waals surface area contributed by atoms with Gasteiger partial charge in [-0.3, -0.25) is 19.4 Å². The lowest BCUT2D eigenvalue weighted by Crippen LogP contribution is -2.51. The van der Waals surface area contributed by atoms with Crippen molar-refractivity contribution in [2.75, 3.05) is 39.3 Å². The minimum absolute atomic E-state index is 0.0530. The van der Waals surface area contributed by atoms with Gasteiger partial charge in [-0.05, 0) is 6.07 Å². The Morgan fingerprint density at radius 2 is 1.83 bits per heavy atom. The summed E-state index contributed by atoms with van der Waals surface area (Å²) in [6.45, 7) is 2.47. The van der Waals surface area contributed by atoms with Gasteiger partial charge in [-0.15, -0.1) is 0 Å². The largest absolute Gasteiger partial charge is 0.339 e. The van der Waals surface area contributed by atoms with E-state index in [9.17, 15) is 18.8 Å². The summed E-state index contributed by atoms with van der Waals surface area (Å²) in [7, 11) is 0. The Bertz CT molecular complexity index is 642. The van der Waals surface area contributed by atoms with Gasteiger partial charge < -0.3 is 10.2 Å². The average molecular weight is 334 g/mol. The zero-order chi connectivity index (χ0) is 17.1. The molecular formula is C16H19FN4O3. The molecule has 24 heavy (non-hydrogen) atoms. The third kappa shape index (κ3) is 3.53. The molecule has 1 aromatic rings. The second kappa shape index (κ2) is 6.96. The molecule has 2 aliphatic heterocycles. The maximum absolute atomic E-state index is 13.7. The first kappa shape index (κ1) is 16.4. The first-order valence-electron chi connectivity index (χ1n) is 7.86. The Morgan fingerprint density at radius 3 is 2.46 bits per heavy atom. The minimum Gasteiger partial charge on any atom is -0.339 e. The summed E-state index contributed by atoms with van der Waals surface area (Å²) in [5, 5.41) is 2.39. The van der Waals surface area contributed by atoms with Crippen LogP contribution in [0.1, 0.15) is 5.56 Å². The predicted molar refractivity (Wildman–Crippen MR) is 83.4 cm³/mol. The molecule has 7 nitrogen and oxygen atoms in total. The second-order valence-electron chi connectivity index (χ2n) is 5.89. The topological polar surface area (TPSA) is 73.0 Å². The van der Waals surface area contributed by atoms with Crippen LogP contribution in [-0.2, 0) is 16.1 Å². The van der Waals surface area contributed by atoms with Crippen LogP contribution in [0.4, 0.5) is 9.18 Å². The molecule has 0 aromatic heterocycles. The fourth-order valence-electron chi connectivity index (χ4n) is 2.87. The maximum atomic E-state index is 13.7. The van der Waals surface area contributed by atoms with Crippen LogP contribution in [0.2, 0.25) is 0 Å². The third-order valence-corrected chi connectivity index (χ3v) is 4.31. The fourth-order valence-corrected chi connectivity index (χ4v) is 2.87. The van der Waals surface area contributed by atoms with Gasteiger partial charge in [0, 0.05) is 38.3 Å². The van der Waals surface area contributed by atoms with Crippen LogP contribution in [0.3, 0.4) is 0 Å². The molecule has 128 valence electrons. The number of hydrogen-bond donors (Lipinski definition) is 1. The standard InChI is InChI=1S/C16H19FN4O3/c17-13-4-2-1-3-12(13)10-19-5-7-20(8-6-19)15(23)11-21-14(22)9-18-16(21)24/h1-4H,5-11H2,(H,18,24). The molecule has 4 amide bonds. The number of piperazine rings is 1. The van der Waals surface area contributed by atoms with Gasteiger partial charge in [0.05, 0.1) is 6.54 Å². The van der Waals surface area contributed by atoms with Crippen LogP contribution in [0.15, 0.2) is 24.3 Å². The molecule has 2 saturated heterocycles. The van der Waals surface area contributed by atoms with E-state index in [4.69, 9.17) is 0 Å². The van der Waals surface area contributed by atoms with Crippen molar-refractivity contribution < 1.29 is 18.8 Å². The molecule has 2 heterocycles. The van der Waals surface area contributed by atoms with E-state index in [2.05, 4.69) is 10.2 Å². The normalized spacial score (nSPS) is 18.9. The highest BCUT2D eigenvalue weighted by Gasteiger charge is 2.32. The van der Waals surface area contributed by atoms with Crippen LogP contribution in [0, 0.1) is 5.82 Å². The molecule has 2 fully saturated rings. The van der Waals surface area contributed by atoms with Gasteiger partial charge in [0.2, 0.25) is 5.91 Å². The quantitative estimate of drug-likeness (QED) is 0.788. The maximum Gasteiger partial charge on any atom is 0.325 e. The number of carbonyl (C=O) groups excluding carboxylic acids is 3. The number of nitrogens with zero attached hydrogens (tertiary/aromatic N) is 3. The zero-order valence-electron chi connectivity index (χ0n) is 13.2. The number of nitrogens with one attached hydrogen (secondary N) is 1. The predicted octanol–water partition coefficient (Wildman–Crippen LogP) is 0.0217. The van der Waals surface area contributed by atoms with Gasteiger partial charge in [-0.1, -0.05) is 18.2 Å². The first-order chi connectivity index (χ1) is 11.5. The number of rotatable bonds is 4. The van der Waals surface area contributed by atoms with E-state index in [1.54, 1.807) is 23.1 Å². The van der Waals surface area contributed by atoms with Gasteiger partial charge in [0.1, 0.15) is 12.4 Å². The van der Waals surface area contributed by atoms with Crippen molar-refractivity contribution in [2.24, 2.45) is 0 Å². The third-order valence-electron chi connectivity index (χ3n) is 4.31. The number of carbonyl (C=O) groups is 3. The minimum atomic E-state index is -0.522. The Kier molecular flexibility index (Phi) is 4.75. The van der Waals surface area contributed by atoms with Crippen molar-refractivity contribution in [3.05, 3.63) is 35.6 Å². The van der Waals surface area contributed by atoms with Crippen molar-refractivity contribution in [2.45, 2.75) is 6.54 Å². The van der Waals surface area contributed by atoms with Gasteiger partial charge in [0.15, 0.2) is 0 Å². The summed E-state index contributed by atoms with van der Waals surface area (Å²) in [4.78, 5) is 39.9. The molecule has 0 unspecified atom stereocenters. The molecule has 0 saturated carbocycles. The lowest BCUT2D eigenvalue weighted by Gasteiger charge is -2.35. The fraction of sp³-hybridized carbons (Fsp3) is 0.438. The van der Waals surface area contributed by atoms with Crippen LogP contribution in [0.5, 0.6) is 0 Å². The smallest absolute Gasteiger partial charge is 0.325 e.